The minimum absolute atomic E-state index is 0.562. The lowest BCUT2D eigenvalue weighted by atomic mass is 10.7. The molecule has 2 aromatic rings. The average Bonchev–Trinajstić information content (AvgIpc) is 2.33. The molecule has 0 aliphatic carbocycles. The molecule has 2 aromatic heterocycles. The third kappa shape index (κ3) is 0.714. The molecule has 0 aromatic carbocycles. The second kappa shape index (κ2) is 1.88. The Labute approximate surface area is 61.5 Å². The normalized spacial score (nSPS) is 10.4. The molecular formula is C5H4N4S. The molecule has 4 nitrogen and oxygen atoms in total. The van der Waals surface area contributed by atoms with Crippen LogP contribution in [0, 0.1) is 4.64 Å². The Morgan fingerprint density at radius 3 is 3.40 bits per heavy atom. The summed E-state index contributed by atoms with van der Waals surface area (Å²) < 4.78 is 2.25. The van der Waals surface area contributed by atoms with Crippen molar-refractivity contribution in [2.75, 3.05) is 0 Å². The molecule has 0 amide bonds. The SMILES string of the molecule is S=c1ccn2[nH]cnc2n1. The number of nitrogens with one attached hydrogen (secondary N) is 1. The van der Waals surface area contributed by atoms with Crippen molar-refractivity contribution in [3.63, 3.8) is 0 Å². The largest absolute Gasteiger partial charge is 0.281 e. The lowest BCUT2D eigenvalue weighted by Gasteiger charge is -1.86. The molecule has 0 fully saturated rings. The standard InChI is InChI=1S/C5H4N4S/c10-4-1-2-9-5(8-4)6-3-7-9/h1-3H,(H,6,7,8,10). The van der Waals surface area contributed by atoms with Crippen LogP contribution < -0.4 is 0 Å². The summed E-state index contributed by atoms with van der Waals surface area (Å²) in [5, 5.41) is 2.84. The van der Waals surface area contributed by atoms with Gasteiger partial charge in [-0.15, -0.1) is 0 Å². The van der Waals surface area contributed by atoms with E-state index < -0.39 is 0 Å². The predicted molar refractivity (Wildman–Crippen MR) is 38.2 cm³/mol. The van der Waals surface area contributed by atoms with Gasteiger partial charge in [-0.25, -0.2) is 9.50 Å². The van der Waals surface area contributed by atoms with Crippen molar-refractivity contribution in [1.82, 2.24) is 19.6 Å². The first-order valence-electron chi connectivity index (χ1n) is 2.75. The van der Waals surface area contributed by atoms with Crippen LogP contribution in [0.25, 0.3) is 5.78 Å². The summed E-state index contributed by atoms with van der Waals surface area (Å²) in [6, 6.07) is 1.74. The van der Waals surface area contributed by atoms with Crippen LogP contribution in [0.4, 0.5) is 0 Å². The van der Waals surface area contributed by atoms with Crippen LogP contribution in [0.2, 0.25) is 0 Å². The van der Waals surface area contributed by atoms with E-state index in [0.717, 1.165) is 0 Å². The fourth-order valence-corrected chi connectivity index (χ4v) is 0.878. The van der Waals surface area contributed by atoms with E-state index in [1.807, 2.05) is 0 Å². The highest BCUT2D eigenvalue weighted by molar-refractivity contribution is 7.71. The van der Waals surface area contributed by atoms with Crippen LogP contribution in [0.15, 0.2) is 18.6 Å². The van der Waals surface area contributed by atoms with Crippen molar-refractivity contribution in [2.24, 2.45) is 0 Å². The first kappa shape index (κ1) is 5.55. The van der Waals surface area contributed by atoms with Crippen LogP contribution in [-0.2, 0) is 0 Å². The third-order valence-corrected chi connectivity index (χ3v) is 1.40. The van der Waals surface area contributed by atoms with Gasteiger partial charge in [0.25, 0.3) is 5.78 Å². The maximum absolute atomic E-state index is 4.83. The molecule has 0 radical (unpaired) electrons. The zero-order valence-corrected chi connectivity index (χ0v) is 5.80. The third-order valence-electron chi connectivity index (χ3n) is 1.17. The Bertz CT molecular complexity index is 401. The first-order chi connectivity index (χ1) is 4.86. The average molecular weight is 152 g/mol. The Kier molecular flexibility index (Phi) is 1.04. The summed E-state index contributed by atoms with van der Waals surface area (Å²) in [6.45, 7) is 0. The van der Waals surface area contributed by atoms with E-state index in [-0.39, 0.29) is 0 Å². The van der Waals surface area contributed by atoms with Gasteiger partial charge in [-0.05, 0) is 6.07 Å². The quantitative estimate of drug-likeness (QED) is 0.567. The number of aromatic amines is 1. The molecule has 2 heterocycles. The highest BCUT2D eigenvalue weighted by Crippen LogP contribution is 1.91. The van der Waals surface area contributed by atoms with Crippen LogP contribution in [-0.4, -0.2) is 19.6 Å². The van der Waals surface area contributed by atoms with E-state index in [0.29, 0.717) is 10.4 Å². The number of fused-ring (bicyclic) bond motifs is 1. The van der Waals surface area contributed by atoms with E-state index in [9.17, 15) is 0 Å². The number of hydrogen-bond acceptors (Lipinski definition) is 3. The molecule has 0 aliphatic heterocycles. The minimum atomic E-state index is 0.562. The number of H-pyrrole nitrogens is 1. The molecule has 0 unspecified atom stereocenters. The molecular weight excluding hydrogens is 148 g/mol. The predicted octanol–water partition coefficient (Wildman–Crippen LogP) is 0.787. The molecule has 0 saturated heterocycles. The molecule has 2 rings (SSSR count). The first-order valence-corrected chi connectivity index (χ1v) is 3.16. The molecule has 0 spiro atoms. The minimum Gasteiger partial charge on any atom is -0.281 e. The summed E-state index contributed by atoms with van der Waals surface area (Å²) in [5.74, 6) is 0.604. The highest BCUT2D eigenvalue weighted by atomic mass is 32.1. The molecule has 0 saturated carbocycles. The zero-order valence-electron chi connectivity index (χ0n) is 4.98. The second-order valence-corrected chi connectivity index (χ2v) is 2.24. The number of aromatic nitrogens is 4. The molecule has 1 N–H and O–H groups in total. The van der Waals surface area contributed by atoms with Gasteiger partial charge in [0.05, 0.1) is 0 Å². The smallest absolute Gasteiger partial charge is 0.251 e. The van der Waals surface area contributed by atoms with Gasteiger partial charge in [-0.1, -0.05) is 12.2 Å². The molecule has 5 heteroatoms. The summed E-state index contributed by atoms with van der Waals surface area (Å²) in [4.78, 5) is 7.88. The summed E-state index contributed by atoms with van der Waals surface area (Å²) in [5.41, 5.74) is 0. The van der Waals surface area contributed by atoms with E-state index >= 15 is 0 Å². The maximum Gasteiger partial charge on any atom is 0.251 e. The monoisotopic (exact) mass is 152 g/mol. The van der Waals surface area contributed by atoms with Crippen LogP contribution in [0.3, 0.4) is 0 Å². The van der Waals surface area contributed by atoms with Crippen molar-refractivity contribution < 1.29 is 0 Å². The fourth-order valence-electron chi connectivity index (χ4n) is 0.735. The van der Waals surface area contributed by atoms with Gasteiger partial charge < -0.3 is 0 Å². The Morgan fingerprint density at radius 2 is 2.50 bits per heavy atom. The summed E-state index contributed by atoms with van der Waals surface area (Å²) in [7, 11) is 0. The molecule has 50 valence electrons. The van der Waals surface area contributed by atoms with Gasteiger partial charge in [-0.2, -0.15) is 4.98 Å². The van der Waals surface area contributed by atoms with Gasteiger partial charge in [0.1, 0.15) is 11.0 Å². The second-order valence-electron chi connectivity index (χ2n) is 1.82. The van der Waals surface area contributed by atoms with E-state index in [1.165, 1.54) is 0 Å². The van der Waals surface area contributed by atoms with Gasteiger partial charge in [-0.3, -0.25) is 5.10 Å². The molecule has 10 heavy (non-hydrogen) atoms. The van der Waals surface area contributed by atoms with Crippen molar-refractivity contribution in [3.05, 3.63) is 23.2 Å². The van der Waals surface area contributed by atoms with Crippen molar-refractivity contribution >= 4 is 18.0 Å². The Balaban J connectivity index is 2.99. The molecule has 0 atom stereocenters. The van der Waals surface area contributed by atoms with Crippen molar-refractivity contribution in [2.45, 2.75) is 0 Å². The Morgan fingerprint density at radius 1 is 1.60 bits per heavy atom. The van der Waals surface area contributed by atoms with E-state index in [4.69, 9.17) is 12.2 Å². The lowest BCUT2D eigenvalue weighted by Crippen LogP contribution is -1.88. The van der Waals surface area contributed by atoms with Gasteiger partial charge in [0.15, 0.2) is 0 Å². The van der Waals surface area contributed by atoms with E-state index in [2.05, 4.69) is 15.1 Å². The van der Waals surface area contributed by atoms with Gasteiger partial charge in [0.2, 0.25) is 0 Å². The van der Waals surface area contributed by atoms with Crippen LogP contribution in [0.5, 0.6) is 0 Å². The topological polar surface area (TPSA) is 46.0 Å². The Hall–Kier alpha value is -1.23. The van der Waals surface area contributed by atoms with Gasteiger partial charge >= 0.3 is 0 Å². The summed E-state index contributed by atoms with van der Waals surface area (Å²) >= 11 is 4.83. The number of nitrogens with zero attached hydrogens (tertiary/aromatic N) is 3. The number of hydrogen-bond donors (Lipinski definition) is 1. The maximum atomic E-state index is 4.83. The van der Waals surface area contributed by atoms with Gasteiger partial charge in [0, 0.05) is 6.20 Å². The molecule has 0 bridgehead atoms. The summed E-state index contributed by atoms with van der Waals surface area (Å²) in [6.07, 6.45) is 3.36. The van der Waals surface area contributed by atoms with Crippen molar-refractivity contribution in [1.29, 1.82) is 0 Å². The van der Waals surface area contributed by atoms with E-state index in [1.54, 1.807) is 23.1 Å². The van der Waals surface area contributed by atoms with Crippen LogP contribution in [0.1, 0.15) is 0 Å². The highest BCUT2D eigenvalue weighted by Gasteiger charge is 1.90. The zero-order chi connectivity index (χ0) is 6.97. The molecule has 0 aliphatic rings. The van der Waals surface area contributed by atoms with Crippen molar-refractivity contribution in [3.8, 4) is 0 Å². The lowest BCUT2D eigenvalue weighted by molar-refractivity contribution is 0.936. The fraction of sp³-hybridized carbons (Fsp3) is 0. The number of rotatable bonds is 0. The van der Waals surface area contributed by atoms with Crippen LogP contribution >= 0.6 is 12.2 Å².